The summed E-state index contributed by atoms with van der Waals surface area (Å²) in [6.07, 6.45) is 2.16. The summed E-state index contributed by atoms with van der Waals surface area (Å²) in [6, 6.07) is 26.1. The van der Waals surface area contributed by atoms with Gasteiger partial charge in [0.25, 0.3) is 5.91 Å². The summed E-state index contributed by atoms with van der Waals surface area (Å²) in [5.41, 5.74) is 3.92. The molecule has 3 aromatic carbocycles. The van der Waals surface area contributed by atoms with Gasteiger partial charge in [0.05, 0.1) is 13.7 Å². The Bertz CT molecular complexity index is 1300. The molecule has 0 spiro atoms. The minimum Gasteiger partial charge on any atom is -0.497 e. The third-order valence-electron chi connectivity index (χ3n) is 6.23. The van der Waals surface area contributed by atoms with Crippen molar-refractivity contribution in [3.8, 4) is 17.1 Å². The average molecular weight is 485 g/mol. The molecule has 178 valence electrons. The van der Waals surface area contributed by atoms with E-state index in [4.69, 9.17) is 4.74 Å². The summed E-state index contributed by atoms with van der Waals surface area (Å²) in [6.45, 7) is 2.34. The Hall–Kier alpha value is -3.58. The van der Waals surface area contributed by atoms with E-state index in [2.05, 4.69) is 26.9 Å². The molecular weight excluding hydrogens is 456 g/mol. The van der Waals surface area contributed by atoms with Crippen LogP contribution in [0.4, 0.5) is 0 Å². The number of rotatable bonds is 8. The lowest BCUT2D eigenvalue weighted by Gasteiger charge is -2.17. The van der Waals surface area contributed by atoms with Crippen LogP contribution in [-0.2, 0) is 12.3 Å². The Morgan fingerprint density at radius 2 is 1.71 bits per heavy atom. The molecule has 5 rings (SSSR count). The molecule has 0 atom stereocenters. The lowest BCUT2D eigenvalue weighted by molar-refractivity contribution is 0.0792. The van der Waals surface area contributed by atoms with Crippen LogP contribution >= 0.6 is 11.8 Å². The highest BCUT2D eigenvalue weighted by atomic mass is 32.2. The summed E-state index contributed by atoms with van der Waals surface area (Å²) in [4.78, 5) is 15.1. The first kappa shape index (κ1) is 23.2. The van der Waals surface area contributed by atoms with E-state index >= 15 is 0 Å². The average Bonchev–Trinajstić information content (AvgIpc) is 3.59. The number of carbonyl (C=O) groups excluding carboxylic acids is 1. The van der Waals surface area contributed by atoms with Gasteiger partial charge < -0.3 is 9.64 Å². The number of likely N-dealkylation sites (tertiary alicyclic amines) is 1. The number of methoxy groups -OCH3 is 1. The molecule has 35 heavy (non-hydrogen) atoms. The quantitative estimate of drug-likeness (QED) is 0.308. The molecule has 0 aliphatic carbocycles. The van der Waals surface area contributed by atoms with E-state index in [0.717, 1.165) is 59.4 Å². The van der Waals surface area contributed by atoms with Gasteiger partial charge in [-0.2, -0.15) is 0 Å². The van der Waals surface area contributed by atoms with Gasteiger partial charge in [-0.15, -0.1) is 10.2 Å². The van der Waals surface area contributed by atoms with Crippen LogP contribution in [0.25, 0.3) is 11.4 Å². The molecule has 1 aliphatic rings. The van der Waals surface area contributed by atoms with Gasteiger partial charge >= 0.3 is 0 Å². The molecule has 1 fully saturated rings. The molecule has 1 aliphatic heterocycles. The first-order valence-corrected chi connectivity index (χ1v) is 12.8. The van der Waals surface area contributed by atoms with Crippen molar-refractivity contribution in [3.63, 3.8) is 0 Å². The van der Waals surface area contributed by atoms with E-state index in [-0.39, 0.29) is 5.91 Å². The SMILES string of the molecule is COc1cccc(-c2nnc(SCc3ccccc3C(=O)N3CCCC3)n2Cc2ccccc2)c1. The second-order valence-electron chi connectivity index (χ2n) is 8.56. The van der Waals surface area contributed by atoms with E-state index in [9.17, 15) is 4.79 Å². The normalized spacial score (nSPS) is 13.2. The highest BCUT2D eigenvalue weighted by Gasteiger charge is 2.22. The third-order valence-corrected chi connectivity index (χ3v) is 7.24. The van der Waals surface area contributed by atoms with E-state index < -0.39 is 0 Å². The lowest BCUT2D eigenvalue weighted by atomic mass is 10.1. The molecule has 0 saturated carbocycles. The molecular formula is C28H28N4O2S. The summed E-state index contributed by atoms with van der Waals surface area (Å²) in [5, 5.41) is 9.92. The Balaban J connectivity index is 1.44. The zero-order chi connectivity index (χ0) is 24.0. The van der Waals surface area contributed by atoms with Gasteiger partial charge in [-0.25, -0.2) is 0 Å². The maximum atomic E-state index is 13.1. The first-order chi connectivity index (χ1) is 17.2. The van der Waals surface area contributed by atoms with Crippen LogP contribution in [0.2, 0.25) is 0 Å². The predicted molar refractivity (Wildman–Crippen MR) is 139 cm³/mol. The van der Waals surface area contributed by atoms with Crippen molar-refractivity contribution in [1.82, 2.24) is 19.7 Å². The largest absolute Gasteiger partial charge is 0.497 e. The van der Waals surface area contributed by atoms with Crippen molar-refractivity contribution in [3.05, 3.63) is 95.6 Å². The van der Waals surface area contributed by atoms with Crippen LogP contribution in [0.1, 0.15) is 34.3 Å². The van der Waals surface area contributed by atoms with Gasteiger partial charge in [0.1, 0.15) is 5.75 Å². The molecule has 2 heterocycles. The molecule has 0 radical (unpaired) electrons. The fourth-order valence-electron chi connectivity index (χ4n) is 4.37. The van der Waals surface area contributed by atoms with Gasteiger partial charge in [0.2, 0.25) is 0 Å². The number of benzene rings is 3. The van der Waals surface area contributed by atoms with Crippen LogP contribution in [-0.4, -0.2) is 45.8 Å². The maximum absolute atomic E-state index is 13.1. The molecule has 1 saturated heterocycles. The second kappa shape index (κ2) is 10.8. The van der Waals surface area contributed by atoms with Gasteiger partial charge in [-0.1, -0.05) is 72.4 Å². The lowest BCUT2D eigenvalue weighted by Crippen LogP contribution is -2.28. The Labute approximate surface area is 210 Å². The number of hydrogen-bond donors (Lipinski definition) is 0. The highest BCUT2D eigenvalue weighted by Crippen LogP contribution is 2.30. The summed E-state index contributed by atoms with van der Waals surface area (Å²) < 4.78 is 7.56. The van der Waals surface area contributed by atoms with E-state index in [1.807, 2.05) is 71.6 Å². The van der Waals surface area contributed by atoms with E-state index in [1.165, 1.54) is 5.56 Å². The van der Waals surface area contributed by atoms with Crippen LogP contribution in [0.15, 0.2) is 84.0 Å². The van der Waals surface area contributed by atoms with Crippen molar-refractivity contribution >= 4 is 17.7 Å². The zero-order valence-corrected chi connectivity index (χ0v) is 20.6. The number of aromatic nitrogens is 3. The van der Waals surface area contributed by atoms with E-state index in [0.29, 0.717) is 12.3 Å². The fraction of sp³-hybridized carbons (Fsp3) is 0.250. The second-order valence-corrected chi connectivity index (χ2v) is 9.50. The molecule has 1 amide bonds. The van der Waals surface area contributed by atoms with Crippen LogP contribution in [0.3, 0.4) is 0 Å². The number of carbonyl (C=O) groups is 1. The van der Waals surface area contributed by atoms with Crippen molar-refractivity contribution in [2.45, 2.75) is 30.3 Å². The standard InChI is InChI=1S/C28H28N4O2S/c1-34-24-14-9-13-22(18-24)26-29-30-28(32(26)19-21-10-3-2-4-11-21)35-20-23-12-5-6-15-25(23)27(33)31-16-7-8-17-31/h2-6,9-15,18H,7-8,16-17,19-20H2,1H3. The monoisotopic (exact) mass is 484 g/mol. The van der Waals surface area contributed by atoms with Crippen LogP contribution in [0, 0.1) is 0 Å². The zero-order valence-electron chi connectivity index (χ0n) is 19.8. The van der Waals surface area contributed by atoms with Gasteiger partial charge in [-0.3, -0.25) is 9.36 Å². The van der Waals surface area contributed by atoms with Crippen molar-refractivity contribution < 1.29 is 9.53 Å². The van der Waals surface area contributed by atoms with Crippen molar-refractivity contribution in [2.75, 3.05) is 20.2 Å². The summed E-state index contributed by atoms with van der Waals surface area (Å²) in [5.74, 6) is 2.33. The highest BCUT2D eigenvalue weighted by molar-refractivity contribution is 7.98. The van der Waals surface area contributed by atoms with Gasteiger partial charge in [0, 0.05) is 30.0 Å². The van der Waals surface area contributed by atoms with E-state index in [1.54, 1.807) is 18.9 Å². The molecule has 7 heteroatoms. The fourth-order valence-corrected chi connectivity index (χ4v) is 5.31. The minimum atomic E-state index is 0.126. The number of amides is 1. The van der Waals surface area contributed by atoms with Crippen LogP contribution < -0.4 is 4.74 Å². The summed E-state index contributed by atoms with van der Waals surface area (Å²) >= 11 is 1.61. The number of hydrogen-bond acceptors (Lipinski definition) is 5. The number of thioether (sulfide) groups is 1. The minimum absolute atomic E-state index is 0.126. The molecule has 4 aromatic rings. The molecule has 0 N–H and O–H groups in total. The number of nitrogens with zero attached hydrogens (tertiary/aromatic N) is 4. The predicted octanol–water partition coefficient (Wildman–Crippen LogP) is 5.53. The van der Waals surface area contributed by atoms with Crippen molar-refractivity contribution in [1.29, 1.82) is 0 Å². The molecule has 1 aromatic heterocycles. The molecule has 0 unspecified atom stereocenters. The van der Waals surface area contributed by atoms with Crippen LogP contribution in [0.5, 0.6) is 5.75 Å². The molecule has 0 bridgehead atoms. The van der Waals surface area contributed by atoms with Crippen molar-refractivity contribution in [2.24, 2.45) is 0 Å². The number of ether oxygens (including phenoxy) is 1. The molecule has 6 nitrogen and oxygen atoms in total. The third kappa shape index (κ3) is 5.25. The topological polar surface area (TPSA) is 60.3 Å². The van der Waals surface area contributed by atoms with Gasteiger partial charge in [-0.05, 0) is 42.2 Å². The summed E-state index contributed by atoms with van der Waals surface area (Å²) in [7, 11) is 1.66. The Morgan fingerprint density at radius 3 is 2.51 bits per heavy atom. The maximum Gasteiger partial charge on any atom is 0.254 e. The Kier molecular flexibility index (Phi) is 7.14. The smallest absolute Gasteiger partial charge is 0.254 e. The first-order valence-electron chi connectivity index (χ1n) is 11.8. The van der Waals surface area contributed by atoms with Gasteiger partial charge in [0.15, 0.2) is 11.0 Å². The Morgan fingerprint density at radius 1 is 0.943 bits per heavy atom.